The monoisotopic (exact) mass is 215 g/mol. The molecule has 6 heteroatoms. The van der Waals surface area contributed by atoms with Gasteiger partial charge in [-0.05, 0) is 25.9 Å². The minimum absolute atomic E-state index is 0. The van der Waals surface area contributed by atoms with Gasteiger partial charge in [-0.15, -0.1) is 12.4 Å². The lowest BCUT2D eigenvalue weighted by Gasteiger charge is -2.21. The van der Waals surface area contributed by atoms with Crippen molar-refractivity contribution in [2.24, 2.45) is 0 Å². The van der Waals surface area contributed by atoms with Crippen LogP contribution in [0.1, 0.15) is 12.8 Å². The fourth-order valence-electron chi connectivity index (χ4n) is 1.14. The van der Waals surface area contributed by atoms with Gasteiger partial charge in [0.15, 0.2) is 0 Å². The molecule has 1 fully saturated rings. The second-order valence-electron chi connectivity index (χ2n) is 2.75. The van der Waals surface area contributed by atoms with Crippen LogP contribution >= 0.6 is 12.4 Å². The number of nitrogens with one attached hydrogen (secondary N) is 1. The van der Waals surface area contributed by atoms with Gasteiger partial charge >= 0.3 is 0 Å². The van der Waals surface area contributed by atoms with Crippen molar-refractivity contribution < 1.29 is 12.6 Å². The van der Waals surface area contributed by atoms with Crippen LogP contribution in [0.25, 0.3) is 0 Å². The highest BCUT2D eigenvalue weighted by Crippen LogP contribution is 2.09. The molecule has 4 nitrogen and oxygen atoms in total. The van der Waals surface area contributed by atoms with Crippen LogP contribution in [0.15, 0.2) is 0 Å². The Morgan fingerprint density at radius 2 is 1.83 bits per heavy atom. The van der Waals surface area contributed by atoms with Crippen molar-refractivity contribution in [2.45, 2.75) is 18.9 Å². The molecule has 0 unspecified atom stereocenters. The maximum absolute atomic E-state index is 10.7. The van der Waals surface area contributed by atoms with Crippen LogP contribution in [-0.2, 0) is 14.3 Å². The third-order valence-electron chi connectivity index (χ3n) is 1.60. The first kappa shape index (κ1) is 12.2. The summed E-state index contributed by atoms with van der Waals surface area (Å²) in [5.41, 5.74) is 0. The molecule has 0 spiro atoms. The van der Waals surface area contributed by atoms with E-state index in [2.05, 4.69) is 5.32 Å². The lowest BCUT2D eigenvalue weighted by atomic mass is 10.1. The van der Waals surface area contributed by atoms with E-state index < -0.39 is 10.1 Å². The van der Waals surface area contributed by atoms with E-state index >= 15 is 0 Å². The molecule has 1 aliphatic heterocycles. The van der Waals surface area contributed by atoms with Crippen LogP contribution in [0.4, 0.5) is 0 Å². The molecular weight excluding hydrogens is 202 g/mol. The number of hydrogen-bond acceptors (Lipinski definition) is 4. The zero-order valence-electron chi connectivity index (χ0n) is 6.95. The molecule has 12 heavy (non-hydrogen) atoms. The molecule has 1 saturated heterocycles. The van der Waals surface area contributed by atoms with E-state index in [-0.39, 0.29) is 18.5 Å². The Labute approximate surface area is 79.2 Å². The zero-order chi connectivity index (χ0) is 8.32. The van der Waals surface area contributed by atoms with Crippen LogP contribution < -0.4 is 5.32 Å². The van der Waals surface area contributed by atoms with Crippen molar-refractivity contribution in [3.63, 3.8) is 0 Å². The van der Waals surface area contributed by atoms with Crippen molar-refractivity contribution in [1.82, 2.24) is 5.32 Å². The molecular formula is C6H14ClNO3S. The van der Waals surface area contributed by atoms with E-state index in [1.165, 1.54) is 0 Å². The van der Waals surface area contributed by atoms with Crippen LogP contribution in [0.2, 0.25) is 0 Å². The summed E-state index contributed by atoms with van der Waals surface area (Å²) in [6.45, 7) is 1.69. The first-order valence-electron chi connectivity index (χ1n) is 3.67. The average Bonchev–Trinajstić information content (AvgIpc) is 1.85. The topological polar surface area (TPSA) is 55.4 Å². The van der Waals surface area contributed by atoms with Crippen LogP contribution in [0.3, 0.4) is 0 Å². The minimum atomic E-state index is -3.25. The molecule has 1 N–H and O–H groups in total. The van der Waals surface area contributed by atoms with Crippen molar-refractivity contribution in [3.8, 4) is 0 Å². The lowest BCUT2D eigenvalue weighted by Crippen LogP contribution is -2.33. The van der Waals surface area contributed by atoms with Gasteiger partial charge in [0.05, 0.1) is 12.4 Å². The predicted octanol–water partition coefficient (Wildman–Crippen LogP) is 0.136. The van der Waals surface area contributed by atoms with Gasteiger partial charge in [0.1, 0.15) is 0 Å². The number of hydrogen-bond donors (Lipinski definition) is 1. The van der Waals surface area contributed by atoms with Crippen LogP contribution in [0.5, 0.6) is 0 Å². The quantitative estimate of drug-likeness (QED) is 0.666. The van der Waals surface area contributed by atoms with Gasteiger partial charge in [-0.3, -0.25) is 4.18 Å². The summed E-state index contributed by atoms with van der Waals surface area (Å²) in [6, 6.07) is 0. The maximum Gasteiger partial charge on any atom is 0.264 e. The zero-order valence-corrected chi connectivity index (χ0v) is 8.58. The van der Waals surface area contributed by atoms with Gasteiger partial charge in [0.2, 0.25) is 0 Å². The summed E-state index contributed by atoms with van der Waals surface area (Å²) in [6.07, 6.45) is 2.56. The Morgan fingerprint density at radius 3 is 2.25 bits per heavy atom. The highest BCUT2D eigenvalue weighted by atomic mass is 35.5. The molecule has 0 aromatic carbocycles. The van der Waals surface area contributed by atoms with Gasteiger partial charge in [-0.25, -0.2) is 0 Å². The van der Waals surface area contributed by atoms with Gasteiger partial charge < -0.3 is 5.32 Å². The van der Waals surface area contributed by atoms with E-state index in [0.717, 1.165) is 32.2 Å². The molecule has 0 saturated carbocycles. The standard InChI is InChI=1S/C6H13NO3S.ClH/c1-11(8,9)10-6-2-4-7-5-3-6;/h6-7H,2-5H2,1H3;1H. The molecule has 0 aliphatic carbocycles. The fourth-order valence-corrected chi connectivity index (χ4v) is 1.83. The molecule has 74 valence electrons. The van der Waals surface area contributed by atoms with Crippen molar-refractivity contribution in [3.05, 3.63) is 0 Å². The summed E-state index contributed by atoms with van der Waals surface area (Å²) >= 11 is 0. The smallest absolute Gasteiger partial charge is 0.264 e. The third-order valence-corrected chi connectivity index (χ3v) is 2.22. The largest absolute Gasteiger partial charge is 0.317 e. The molecule has 1 aliphatic rings. The maximum atomic E-state index is 10.7. The van der Waals surface area contributed by atoms with E-state index in [9.17, 15) is 8.42 Å². The number of halogens is 1. The molecule has 0 bridgehead atoms. The van der Waals surface area contributed by atoms with Crippen LogP contribution in [0, 0.1) is 0 Å². The molecule has 0 atom stereocenters. The van der Waals surface area contributed by atoms with Gasteiger partial charge in [-0.2, -0.15) is 8.42 Å². The van der Waals surface area contributed by atoms with E-state index in [4.69, 9.17) is 4.18 Å². The fraction of sp³-hybridized carbons (Fsp3) is 1.00. The first-order chi connectivity index (χ1) is 5.08. The molecule has 0 aromatic heterocycles. The molecule has 1 rings (SSSR count). The lowest BCUT2D eigenvalue weighted by molar-refractivity contribution is 0.171. The Balaban J connectivity index is 0.00000121. The summed E-state index contributed by atoms with van der Waals surface area (Å²) < 4.78 is 26.1. The Kier molecular flexibility index (Phi) is 5.08. The first-order valence-corrected chi connectivity index (χ1v) is 5.48. The van der Waals surface area contributed by atoms with Gasteiger partial charge in [0.25, 0.3) is 10.1 Å². The molecule has 0 amide bonds. The van der Waals surface area contributed by atoms with Gasteiger partial charge in [0, 0.05) is 0 Å². The SMILES string of the molecule is CS(=O)(=O)OC1CCNCC1.Cl. The summed E-state index contributed by atoms with van der Waals surface area (Å²) in [5.74, 6) is 0. The summed E-state index contributed by atoms with van der Waals surface area (Å²) in [5, 5.41) is 3.13. The van der Waals surface area contributed by atoms with E-state index in [1.54, 1.807) is 0 Å². The summed E-state index contributed by atoms with van der Waals surface area (Å²) in [4.78, 5) is 0. The van der Waals surface area contributed by atoms with E-state index in [1.807, 2.05) is 0 Å². The second kappa shape index (κ2) is 5.01. The average molecular weight is 216 g/mol. The Hall–Kier alpha value is 0.160. The highest BCUT2D eigenvalue weighted by molar-refractivity contribution is 7.86. The van der Waals surface area contributed by atoms with Crippen molar-refractivity contribution in [2.75, 3.05) is 19.3 Å². The molecule has 0 aromatic rings. The van der Waals surface area contributed by atoms with Crippen molar-refractivity contribution in [1.29, 1.82) is 0 Å². The Bertz CT molecular complexity index is 211. The normalized spacial score (nSPS) is 20.1. The predicted molar refractivity (Wildman–Crippen MR) is 49.1 cm³/mol. The molecule has 0 radical (unpaired) electrons. The number of piperidine rings is 1. The molecule has 1 heterocycles. The van der Waals surface area contributed by atoms with Gasteiger partial charge in [-0.1, -0.05) is 0 Å². The number of rotatable bonds is 2. The third kappa shape index (κ3) is 4.92. The van der Waals surface area contributed by atoms with E-state index in [0.29, 0.717) is 0 Å². The second-order valence-corrected chi connectivity index (χ2v) is 4.35. The summed E-state index contributed by atoms with van der Waals surface area (Å²) in [7, 11) is -3.25. The minimum Gasteiger partial charge on any atom is -0.317 e. The Morgan fingerprint density at radius 1 is 1.33 bits per heavy atom. The highest BCUT2D eigenvalue weighted by Gasteiger charge is 2.17. The van der Waals surface area contributed by atoms with Crippen molar-refractivity contribution >= 4 is 22.5 Å². The van der Waals surface area contributed by atoms with Crippen LogP contribution in [-0.4, -0.2) is 33.9 Å².